The molecule has 1 aromatic heterocycles. The third-order valence-corrected chi connectivity index (χ3v) is 5.45. The average molecular weight is 321 g/mol. The number of carbonyl (C=O) groups is 1. The van der Waals surface area contributed by atoms with Crippen LogP contribution in [0.15, 0.2) is 48.7 Å². The van der Waals surface area contributed by atoms with Gasteiger partial charge in [0.1, 0.15) is 0 Å². The molecule has 0 radical (unpaired) electrons. The number of pyridine rings is 1. The van der Waals surface area contributed by atoms with E-state index in [1.807, 2.05) is 29.3 Å². The van der Waals surface area contributed by atoms with Gasteiger partial charge >= 0.3 is 0 Å². The molecule has 2 aliphatic heterocycles. The van der Waals surface area contributed by atoms with Crippen LogP contribution in [0, 0.1) is 0 Å². The lowest BCUT2D eigenvalue weighted by atomic mass is 9.83. The molecular formula is C20H23N3O. The maximum atomic E-state index is 12.3. The highest BCUT2D eigenvalue weighted by molar-refractivity contribution is 5.93. The van der Waals surface area contributed by atoms with E-state index in [1.165, 1.54) is 12.0 Å². The first-order valence-corrected chi connectivity index (χ1v) is 8.69. The third kappa shape index (κ3) is 2.61. The number of amides is 1. The van der Waals surface area contributed by atoms with E-state index < -0.39 is 0 Å². The molecule has 124 valence electrons. The van der Waals surface area contributed by atoms with Gasteiger partial charge in [-0.1, -0.05) is 24.3 Å². The van der Waals surface area contributed by atoms with Crippen molar-refractivity contribution in [2.75, 3.05) is 18.0 Å². The van der Waals surface area contributed by atoms with Crippen molar-refractivity contribution in [3.05, 3.63) is 59.9 Å². The third-order valence-electron chi connectivity index (χ3n) is 5.45. The summed E-state index contributed by atoms with van der Waals surface area (Å²) in [5.41, 5.74) is 3.51. The molecule has 1 spiro atoms. The lowest BCUT2D eigenvalue weighted by molar-refractivity contribution is -0.117. The van der Waals surface area contributed by atoms with Crippen molar-refractivity contribution in [1.29, 1.82) is 0 Å². The number of carbonyl (C=O) groups excluding carboxylic acids is 1. The van der Waals surface area contributed by atoms with Crippen LogP contribution in [0.5, 0.6) is 0 Å². The summed E-state index contributed by atoms with van der Waals surface area (Å²) in [6.45, 7) is 4.39. The number of nitrogens with zero attached hydrogens (tertiary/aromatic N) is 3. The second-order valence-electron chi connectivity index (χ2n) is 6.98. The topological polar surface area (TPSA) is 36.4 Å². The van der Waals surface area contributed by atoms with Crippen molar-refractivity contribution in [1.82, 2.24) is 9.88 Å². The standard InChI is InChI=1S/C20H23N3O/c1-16(24)23-15-20(13-17-7-2-3-9-19(17)23)10-6-12-22(20)14-18-8-4-5-11-21-18/h2-5,7-9,11H,6,10,12-15H2,1H3. The van der Waals surface area contributed by atoms with Crippen LogP contribution >= 0.6 is 0 Å². The highest BCUT2D eigenvalue weighted by Crippen LogP contribution is 2.41. The Labute approximate surface area is 143 Å². The van der Waals surface area contributed by atoms with Crippen LogP contribution < -0.4 is 4.90 Å². The fourth-order valence-electron chi connectivity index (χ4n) is 4.30. The Kier molecular flexibility index (Phi) is 3.85. The number of rotatable bonds is 2. The molecule has 2 aromatic rings. The Bertz CT molecular complexity index is 746. The predicted octanol–water partition coefficient (Wildman–Crippen LogP) is 3.03. The number of benzene rings is 1. The monoisotopic (exact) mass is 321 g/mol. The SMILES string of the molecule is CC(=O)N1CC2(CCCN2Cc2ccccn2)Cc2ccccc21. The van der Waals surface area contributed by atoms with Gasteiger partial charge < -0.3 is 4.90 Å². The number of hydrogen-bond acceptors (Lipinski definition) is 3. The van der Waals surface area contributed by atoms with Crippen LogP contribution in [-0.2, 0) is 17.8 Å². The van der Waals surface area contributed by atoms with Crippen LogP contribution in [0.1, 0.15) is 31.0 Å². The van der Waals surface area contributed by atoms with Gasteiger partial charge in [-0.3, -0.25) is 14.7 Å². The van der Waals surface area contributed by atoms with Crippen LogP contribution in [0.25, 0.3) is 0 Å². The Hall–Kier alpha value is -2.20. The highest BCUT2D eigenvalue weighted by Gasteiger charge is 2.46. The van der Waals surface area contributed by atoms with Crippen molar-refractivity contribution < 1.29 is 4.79 Å². The molecule has 2 aliphatic rings. The summed E-state index contributed by atoms with van der Waals surface area (Å²) < 4.78 is 0. The highest BCUT2D eigenvalue weighted by atomic mass is 16.2. The Morgan fingerprint density at radius 2 is 2.04 bits per heavy atom. The van der Waals surface area contributed by atoms with Crippen molar-refractivity contribution >= 4 is 11.6 Å². The molecule has 4 rings (SSSR count). The summed E-state index contributed by atoms with van der Waals surface area (Å²) in [4.78, 5) is 21.3. The molecule has 4 nitrogen and oxygen atoms in total. The molecule has 1 atom stereocenters. The Morgan fingerprint density at radius 3 is 2.83 bits per heavy atom. The zero-order chi connectivity index (χ0) is 16.6. The molecule has 0 N–H and O–H groups in total. The van der Waals surface area contributed by atoms with Gasteiger partial charge in [0.05, 0.1) is 5.69 Å². The smallest absolute Gasteiger partial charge is 0.223 e. The van der Waals surface area contributed by atoms with Crippen molar-refractivity contribution in [3.8, 4) is 0 Å². The van der Waals surface area contributed by atoms with Crippen LogP contribution in [0.4, 0.5) is 5.69 Å². The van der Waals surface area contributed by atoms with Gasteiger partial charge in [-0.05, 0) is 49.6 Å². The van der Waals surface area contributed by atoms with Crippen molar-refractivity contribution in [2.24, 2.45) is 0 Å². The second-order valence-corrected chi connectivity index (χ2v) is 6.98. The summed E-state index contributed by atoms with van der Waals surface area (Å²) in [5.74, 6) is 0.131. The van der Waals surface area contributed by atoms with E-state index in [0.29, 0.717) is 0 Å². The summed E-state index contributed by atoms with van der Waals surface area (Å²) in [6.07, 6.45) is 5.19. The first-order valence-electron chi connectivity index (χ1n) is 8.69. The first kappa shape index (κ1) is 15.3. The average Bonchev–Trinajstić information content (AvgIpc) is 2.96. The second kappa shape index (κ2) is 6.02. The first-order chi connectivity index (χ1) is 11.7. The number of para-hydroxylation sites is 1. The van der Waals surface area contributed by atoms with Crippen LogP contribution in [-0.4, -0.2) is 34.4 Å². The minimum absolute atomic E-state index is 0.0392. The molecule has 0 aliphatic carbocycles. The number of aromatic nitrogens is 1. The van der Waals surface area contributed by atoms with E-state index >= 15 is 0 Å². The zero-order valence-corrected chi connectivity index (χ0v) is 14.1. The van der Waals surface area contributed by atoms with Crippen LogP contribution in [0.2, 0.25) is 0 Å². The minimum atomic E-state index is 0.0392. The quantitative estimate of drug-likeness (QED) is 0.853. The Balaban J connectivity index is 1.68. The molecule has 0 bridgehead atoms. The molecule has 3 heterocycles. The predicted molar refractivity (Wildman–Crippen MR) is 94.8 cm³/mol. The number of anilines is 1. The summed E-state index contributed by atoms with van der Waals surface area (Å²) >= 11 is 0. The van der Waals surface area contributed by atoms with Crippen LogP contribution in [0.3, 0.4) is 0 Å². The van der Waals surface area contributed by atoms with Gasteiger partial charge in [0, 0.05) is 37.4 Å². The van der Waals surface area contributed by atoms with E-state index in [-0.39, 0.29) is 11.4 Å². The number of hydrogen-bond donors (Lipinski definition) is 0. The van der Waals surface area contributed by atoms with Crippen molar-refractivity contribution in [2.45, 2.75) is 38.3 Å². The maximum Gasteiger partial charge on any atom is 0.223 e. The lowest BCUT2D eigenvalue weighted by Crippen LogP contribution is -2.57. The van der Waals surface area contributed by atoms with E-state index in [2.05, 4.69) is 34.1 Å². The lowest BCUT2D eigenvalue weighted by Gasteiger charge is -2.46. The van der Waals surface area contributed by atoms with Gasteiger partial charge in [0.2, 0.25) is 5.91 Å². The van der Waals surface area contributed by atoms with Gasteiger partial charge in [-0.25, -0.2) is 0 Å². The number of likely N-dealkylation sites (tertiary alicyclic amines) is 1. The fraction of sp³-hybridized carbons (Fsp3) is 0.400. The minimum Gasteiger partial charge on any atom is -0.311 e. The molecule has 4 heteroatoms. The van der Waals surface area contributed by atoms with E-state index in [0.717, 1.165) is 43.9 Å². The summed E-state index contributed by atoms with van der Waals surface area (Å²) in [6, 6.07) is 14.4. The fourth-order valence-corrected chi connectivity index (χ4v) is 4.30. The van der Waals surface area contributed by atoms with E-state index in [4.69, 9.17) is 0 Å². The molecule has 1 unspecified atom stereocenters. The largest absolute Gasteiger partial charge is 0.311 e. The van der Waals surface area contributed by atoms with Crippen molar-refractivity contribution in [3.63, 3.8) is 0 Å². The van der Waals surface area contributed by atoms with Gasteiger partial charge in [-0.15, -0.1) is 0 Å². The zero-order valence-electron chi connectivity index (χ0n) is 14.1. The molecule has 1 aromatic carbocycles. The van der Waals surface area contributed by atoms with E-state index in [9.17, 15) is 4.79 Å². The molecule has 24 heavy (non-hydrogen) atoms. The number of fused-ring (bicyclic) bond motifs is 1. The summed E-state index contributed by atoms with van der Waals surface area (Å²) in [7, 11) is 0. The molecule has 1 saturated heterocycles. The molecule has 1 fully saturated rings. The van der Waals surface area contributed by atoms with Gasteiger partial charge in [-0.2, -0.15) is 0 Å². The van der Waals surface area contributed by atoms with Gasteiger partial charge in [0.15, 0.2) is 0 Å². The van der Waals surface area contributed by atoms with E-state index in [1.54, 1.807) is 6.92 Å². The Morgan fingerprint density at radius 1 is 1.21 bits per heavy atom. The maximum absolute atomic E-state index is 12.3. The molecule has 0 saturated carbocycles. The molecular weight excluding hydrogens is 298 g/mol. The molecule has 1 amide bonds. The van der Waals surface area contributed by atoms with Gasteiger partial charge in [0.25, 0.3) is 0 Å². The normalized spacial score (nSPS) is 23.5. The summed E-state index contributed by atoms with van der Waals surface area (Å²) in [5, 5.41) is 0.